The Morgan fingerprint density at radius 3 is 2.49 bits per heavy atom. The number of carbonyl (C=O) groups is 1. The number of rotatable bonds is 10. The largest absolute Gasteiger partial charge is 0.495 e. The highest BCUT2D eigenvalue weighted by Gasteiger charge is 2.40. The molecule has 212 valence electrons. The van der Waals surface area contributed by atoms with Gasteiger partial charge in [0.25, 0.3) is 0 Å². The number of fused-ring (bicyclic) bond motifs is 1. The molecule has 1 saturated carbocycles. The Kier molecular flexibility index (Phi) is 9.60. The summed E-state index contributed by atoms with van der Waals surface area (Å²) in [5.74, 6) is 1.47. The minimum atomic E-state index is -0.687. The zero-order valence-electron chi connectivity index (χ0n) is 22.5. The molecule has 4 rings (SSSR count). The highest BCUT2D eigenvalue weighted by Crippen LogP contribution is 2.48. The predicted molar refractivity (Wildman–Crippen MR) is 153 cm³/mol. The van der Waals surface area contributed by atoms with Gasteiger partial charge in [-0.2, -0.15) is 4.98 Å². The number of nitrogens with zero attached hydrogens (tertiary/aromatic N) is 4. The van der Waals surface area contributed by atoms with E-state index in [4.69, 9.17) is 48.1 Å². The third kappa shape index (κ3) is 5.96. The lowest BCUT2D eigenvalue weighted by Crippen LogP contribution is -2.53. The number of amides is 2. The molecule has 2 aliphatic rings. The van der Waals surface area contributed by atoms with Crippen molar-refractivity contribution >= 4 is 46.7 Å². The molecule has 39 heavy (non-hydrogen) atoms. The molecule has 13 heteroatoms. The normalized spacial score (nSPS) is 20.1. The summed E-state index contributed by atoms with van der Waals surface area (Å²) in [7, 11) is 6.30. The number of anilines is 3. The molecule has 0 radical (unpaired) electrons. The maximum absolute atomic E-state index is 14.2. The van der Waals surface area contributed by atoms with Crippen LogP contribution in [0.2, 0.25) is 10.0 Å². The lowest BCUT2D eigenvalue weighted by Gasteiger charge is -2.40. The first kappa shape index (κ1) is 29.0. The quantitative estimate of drug-likeness (QED) is 0.372. The van der Waals surface area contributed by atoms with E-state index in [-0.39, 0.29) is 34.4 Å². The van der Waals surface area contributed by atoms with Crippen LogP contribution in [0.5, 0.6) is 11.5 Å². The highest BCUT2D eigenvalue weighted by atomic mass is 35.5. The number of benzene rings is 1. The van der Waals surface area contributed by atoms with Crippen LogP contribution in [0.15, 0.2) is 24.5 Å². The van der Waals surface area contributed by atoms with Gasteiger partial charge in [-0.3, -0.25) is 9.80 Å². The van der Waals surface area contributed by atoms with Crippen LogP contribution in [0.1, 0.15) is 37.7 Å². The Balaban J connectivity index is 1.80. The number of nitrogens with two attached hydrogens (primary N) is 1. The molecule has 0 bridgehead atoms. The molecule has 1 aromatic heterocycles. The van der Waals surface area contributed by atoms with Crippen molar-refractivity contribution in [1.82, 2.24) is 15.3 Å². The molecule has 3 atom stereocenters. The zero-order chi connectivity index (χ0) is 28.1. The van der Waals surface area contributed by atoms with Gasteiger partial charge < -0.3 is 30.6 Å². The second-order valence-corrected chi connectivity index (χ2v) is 10.1. The summed E-state index contributed by atoms with van der Waals surface area (Å²) in [6.07, 6.45) is 9.12. The van der Waals surface area contributed by atoms with Crippen molar-refractivity contribution in [3.63, 3.8) is 0 Å². The molecule has 2 amide bonds. The molecule has 0 saturated heterocycles. The Hall–Kier alpha value is -2.99. The van der Waals surface area contributed by atoms with E-state index in [1.54, 1.807) is 32.6 Å². The van der Waals surface area contributed by atoms with Crippen LogP contribution in [0.25, 0.3) is 0 Å². The first-order valence-corrected chi connectivity index (χ1v) is 13.5. The third-order valence-corrected chi connectivity index (χ3v) is 7.70. The van der Waals surface area contributed by atoms with Gasteiger partial charge in [-0.05, 0) is 19.0 Å². The maximum atomic E-state index is 14.2. The number of ether oxygens (including phenoxy) is 3. The van der Waals surface area contributed by atoms with Crippen molar-refractivity contribution < 1.29 is 19.0 Å². The van der Waals surface area contributed by atoms with Crippen LogP contribution < -0.4 is 35.6 Å². The van der Waals surface area contributed by atoms with Crippen molar-refractivity contribution in [2.45, 2.75) is 57.0 Å². The molecular weight excluding hydrogens is 545 g/mol. The molecule has 2 heterocycles. The number of methoxy groups -OCH3 is 3. The second kappa shape index (κ2) is 12.9. The molecule has 0 spiro atoms. The molecule has 1 aliphatic carbocycles. The van der Waals surface area contributed by atoms with Crippen molar-refractivity contribution in [3.8, 4) is 11.5 Å². The standard InChI is InChI=1S/C26H35Cl2N7O4/c1-30-11-7-10-20(39-4)35-24-15(13-31-25(33-24)32-17-9-6-5-8-16(17)29)14-34(26(35)36)23-21(27)18(37-2)12-19(38-3)22(23)28/h7,11-13,16-17,20,30H,5-6,8-10,14,29H2,1-4H3,(H,31,32,33)/b11-7-. The highest BCUT2D eigenvalue weighted by molar-refractivity contribution is 6.42. The van der Waals surface area contributed by atoms with E-state index in [2.05, 4.69) is 15.6 Å². The van der Waals surface area contributed by atoms with Crippen molar-refractivity contribution in [2.24, 2.45) is 5.73 Å². The van der Waals surface area contributed by atoms with Gasteiger partial charge >= 0.3 is 6.03 Å². The van der Waals surface area contributed by atoms with Crippen molar-refractivity contribution in [1.29, 1.82) is 0 Å². The van der Waals surface area contributed by atoms with E-state index in [1.807, 2.05) is 6.08 Å². The molecule has 1 fully saturated rings. The number of halogens is 2. The lowest BCUT2D eigenvalue weighted by molar-refractivity contribution is 0.104. The second-order valence-electron chi connectivity index (χ2n) is 9.36. The summed E-state index contributed by atoms with van der Waals surface area (Å²) in [5, 5.41) is 6.68. The number of hydrogen-bond acceptors (Lipinski definition) is 9. The zero-order valence-corrected chi connectivity index (χ0v) is 24.1. The monoisotopic (exact) mass is 579 g/mol. The van der Waals surface area contributed by atoms with E-state index in [1.165, 1.54) is 24.0 Å². The Morgan fingerprint density at radius 2 is 1.87 bits per heavy atom. The van der Waals surface area contributed by atoms with Crippen LogP contribution in [-0.4, -0.2) is 62.7 Å². The van der Waals surface area contributed by atoms with Crippen LogP contribution in [0.3, 0.4) is 0 Å². The number of nitrogens with one attached hydrogen (secondary N) is 2. The maximum Gasteiger partial charge on any atom is 0.332 e. The van der Waals surface area contributed by atoms with E-state index in [9.17, 15) is 4.79 Å². The number of carbonyl (C=O) groups excluding carboxylic acids is 1. The van der Waals surface area contributed by atoms with E-state index >= 15 is 0 Å². The first-order valence-electron chi connectivity index (χ1n) is 12.8. The fourth-order valence-electron chi connectivity index (χ4n) is 4.90. The van der Waals surface area contributed by atoms with Gasteiger partial charge in [-0.1, -0.05) is 42.1 Å². The Bertz CT molecular complexity index is 1190. The summed E-state index contributed by atoms with van der Waals surface area (Å²) in [4.78, 5) is 26.5. The fraction of sp³-hybridized carbons (Fsp3) is 0.500. The van der Waals surface area contributed by atoms with Gasteiger partial charge in [-0.15, -0.1) is 0 Å². The average Bonchev–Trinajstić information content (AvgIpc) is 2.94. The van der Waals surface area contributed by atoms with Gasteiger partial charge in [0.1, 0.15) is 33.6 Å². The van der Waals surface area contributed by atoms with Crippen LogP contribution >= 0.6 is 23.2 Å². The van der Waals surface area contributed by atoms with Gasteiger partial charge in [0.15, 0.2) is 0 Å². The Labute approximate surface area is 238 Å². The van der Waals surface area contributed by atoms with Gasteiger partial charge in [-0.25, -0.2) is 9.78 Å². The number of urea groups is 1. The summed E-state index contributed by atoms with van der Waals surface area (Å²) in [5.41, 5.74) is 7.28. The summed E-state index contributed by atoms with van der Waals surface area (Å²) in [6, 6.07) is 1.22. The van der Waals surface area contributed by atoms with E-state index in [0.29, 0.717) is 35.2 Å². The van der Waals surface area contributed by atoms with Crippen molar-refractivity contribution in [2.75, 3.05) is 43.5 Å². The van der Waals surface area contributed by atoms with E-state index in [0.717, 1.165) is 25.7 Å². The number of hydrogen-bond donors (Lipinski definition) is 3. The fourth-order valence-corrected chi connectivity index (χ4v) is 5.61. The lowest BCUT2D eigenvalue weighted by atomic mass is 9.91. The molecule has 11 nitrogen and oxygen atoms in total. The van der Waals surface area contributed by atoms with Gasteiger partial charge in [0.2, 0.25) is 5.95 Å². The van der Waals surface area contributed by atoms with Gasteiger partial charge in [0, 0.05) is 50.5 Å². The molecule has 1 aromatic carbocycles. The van der Waals surface area contributed by atoms with Crippen LogP contribution in [0.4, 0.5) is 22.2 Å². The third-order valence-electron chi connectivity index (χ3n) is 6.97. The molecule has 2 aromatic rings. The molecular formula is C26H35Cl2N7O4. The van der Waals surface area contributed by atoms with Gasteiger partial charge in [0.05, 0.1) is 26.5 Å². The average molecular weight is 581 g/mol. The number of aromatic nitrogens is 2. The molecule has 4 N–H and O–H groups in total. The SMILES string of the molecule is CN/C=C\CC(OC)N1C(=O)N(c2c(Cl)c(OC)cc(OC)c2Cl)Cc2cnc(NC3CCCCC3N)nc21. The first-order chi connectivity index (χ1) is 18.8. The summed E-state index contributed by atoms with van der Waals surface area (Å²) in [6.45, 7) is 0.118. The minimum absolute atomic E-state index is 0.0114. The molecule has 3 unspecified atom stereocenters. The smallest absolute Gasteiger partial charge is 0.332 e. The van der Waals surface area contributed by atoms with Crippen LogP contribution in [-0.2, 0) is 11.3 Å². The van der Waals surface area contributed by atoms with Crippen molar-refractivity contribution in [3.05, 3.63) is 40.1 Å². The Morgan fingerprint density at radius 1 is 1.18 bits per heavy atom. The van der Waals surface area contributed by atoms with E-state index < -0.39 is 12.3 Å². The predicted octanol–water partition coefficient (Wildman–Crippen LogP) is 4.52. The minimum Gasteiger partial charge on any atom is -0.495 e. The summed E-state index contributed by atoms with van der Waals surface area (Å²) >= 11 is 13.4. The summed E-state index contributed by atoms with van der Waals surface area (Å²) < 4.78 is 16.6. The molecule has 1 aliphatic heterocycles. The topological polar surface area (TPSA) is 127 Å². The van der Waals surface area contributed by atoms with Crippen LogP contribution in [0, 0.1) is 0 Å².